The van der Waals surface area contributed by atoms with Crippen molar-refractivity contribution < 1.29 is 36.1 Å². The van der Waals surface area contributed by atoms with Crippen LogP contribution in [0.1, 0.15) is 15.3 Å². The Kier molecular flexibility index (Phi) is 10.7. The third kappa shape index (κ3) is 10.9. The standard InChI is InChI=1S/C4H11NO.Na.H/c1-3-5-4(2)6;;/h4-6H,3H2,1-2H3;;/q;+1;-1. The molecule has 0 aromatic carbocycles. The molecule has 0 aliphatic carbocycles. The fraction of sp³-hybridized carbons (Fsp3) is 1.00. The summed E-state index contributed by atoms with van der Waals surface area (Å²) in [7, 11) is 0. The van der Waals surface area contributed by atoms with Gasteiger partial charge in [0, 0.05) is 0 Å². The van der Waals surface area contributed by atoms with Crippen LogP contribution in [0.2, 0.25) is 0 Å². The average molecular weight is 113 g/mol. The number of nitrogens with one attached hydrogen (secondary N) is 1. The topological polar surface area (TPSA) is 32.3 Å². The molecule has 7 heavy (non-hydrogen) atoms. The van der Waals surface area contributed by atoms with Gasteiger partial charge >= 0.3 is 29.6 Å². The van der Waals surface area contributed by atoms with E-state index in [0.29, 0.717) is 0 Å². The van der Waals surface area contributed by atoms with Crippen LogP contribution in [0.15, 0.2) is 0 Å². The van der Waals surface area contributed by atoms with Crippen molar-refractivity contribution >= 4 is 0 Å². The van der Waals surface area contributed by atoms with Crippen LogP contribution in [0.4, 0.5) is 0 Å². The van der Waals surface area contributed by atoms with E-state index in [9.17, 15) is 0 Å². The summed E-state index contributed by atoms with van der Waals surface area (Å²) in [4.78, 5) is 0. The zero-order valence-corrected chi connectivity index (χ0v) is 7.23. The summed E-state index contributed by atoms with van der Waals surface area (Å²) in [5, 5.41) is 11.2. The van der Waals surface area contributed by atoms with Gasteiger partial charge in [0.1, 0.15) is 6.23 Å². The number of hydrogen-bond donors (Lipinski definition) is 2. The first-order valence-corrected chi connectivity index (χ1v) is 2.18. The van der Waals surface area contributed by atoms with Gasteiger partial charge in [0.05, 0.1) is 0 Å². The van der Waals surface area contributed by atoms with Crippen LogP contribution < -0.4 is 34.9 Å². The van der Waals surface area contributed by atoms with E-state index in [0.717, 1.165) is 6.54 Å². The smallest absolute Gasteiger partial charge is 1.00 e. The first kappa shape index (κ1) is 10.8. The molecule has 0 bridgehead atoms. The summed E-state index contributed by atoms with van der Waals surface area (Å²) in [6.07, 6.45) is -0.352. The van der Waals surface area contributed by atoms with Crippen LogP contribution in [0.25, 0.3) is 0 Å². The van der Waals surface area contributed by atoms with E-state index in [1.807, 2.05) is 6.92 Å². The summed E-state index contributed by atoms with van der Waals surface area (Å²) in [5.41, 5.74) is 0. The zero-order chi connectivity index (χ0) is 4.99. The molecule has 0 aromatic rings. The Balaban J connectivity index is -0.000000125. The molecule has 2 N–H and O–H groups in total. The van der Waals surface area contributed by atoms with E-state index in [-0.39, 0.29) is 37.2 Å². The number of rotatable bonds is 2. The average Bonchev–Trinajstić information content (AvgIpc) is 1.35. The quantitative estimate of drug-likeness (QED) is 0.296. The minimum absolute atomic E-state index is 0. The van der Waals surface area contributed by atoms with Crippen molar-refractivity contribution in [2.45, 2.75) is 20.1 Å². The second kappa shape index (κ2) is 6.92. The second-order valence-corrected chi connectivity index (χ2v) is 1.23. The van der Waals surface area contributed by atoms with Crippen LogP contribution >= 0.6 is 0 Å². The van der Waals surface area contributed by atoms with Gasteiger partial charge in [0.2, 0.25) is 0 Å². The SMILES string of the molecule is CCNC(C)O.[H-].[Na+]. The summed E-state index contributed by atoms with van der Waals surface area (Å²) in [5.74, 6) is 0. The summed E-state index contributed by atoms with van der Waals surface area (Å²) in [6.45, 7) is 4.48. The fourth-order valence-corrected chi connectivity index (χ4v) is 0.295. The van der Waals surface area contributed by atoms with Gasteiger partial charge < -0.3 is 6.53 Å². The molecule has 0 heterocycles. The fourth-order valence-electron chi connectivity index (χ4n) is 0.295. The van der Waals surface area contributed by atoms with Crippen molar-refractivity contribution in [1.29, 1.82) is 0 Å². The molecule has 0 aliphatic heterocycles. The van der Waals surface area contributed by atoms with Gasteiger partial charge in [-0.05, 0) is 13.5 Å². The molecular formula is C4H12NNaO. The van der Waals surface area contributed by atoms with Gasteiger partial charge in [-0.1, -0.05) is 6.92 Å². The summed E-state index contributed by atoms with van der Waals surface area (Å²) >= 11 is 0. The Hall–Kier alpha value is 0.920. The van der Waals surface area contributed by atoms with E-state index < -0.39 is 0 Å². The molecule has 0 spiro atoms. The maximum Gasteiger partial charge on any atom is 1.00 e. The minimum Gasteiger partial charge on any atom is -1.00 e. The van der Waals surface area contributed by atoms with Crippen LogP contribution in [0.3, 0.4) is 0 Å². The van der Waals surface area contributed by atoms with Gasteiger partial charge in [0.25, 0.3) is 0 Å². The molecule has 0 fully saturated rings. The second-order valence-electron chi connectivity index (χ2n) is 1.23. The molecule has 0 amide bonds. The molecule has 0 saturated carbocycles. The molecule has 0 aromatic heterocycles. The number of hydrogen-bond acceptors (Lipinski definition) is 2. The van der Waals surface area contributed by atoms with E-state index >= 15 is 0 Å². The maximum atomic E-state index is 8.44. The predicted octanol–water partition coefficient (Wildman–Crippen LogP) is -2.95. The molecular weight excluding hydrogens is 101 g/mol. The summed E-state index contributed by atoms with van der Waals surface area (Å²) < 4.78 is 0. The molecule has 0 radical (unpaired) electrons. The van der Waals surface area contributed by atoms with Gasteiger partial charge in [-0.2, -0.15) is 0 Å². The Labute approximate surface area is 68.1 Å². The van der Waals surface area contributed by atoms with Crippen molar-refractivity contribution in [3.63, 3.8) is 0 Å². The van der Waals surface area contributed by atoms with Crippen LogP contribution in [0.5, 0.6) is 0 Å². The van der Waals surface area contributed by atoms with Gasteiger partial charge in [-0.25, -0.2) is 0 Å². The molecule has 1 unspecified atom stereocenters. The van der Waals surface area contributed by atoms with Crippen molar-refractivity contribution in [1.82, 2.24) is 5.32 Å². The Morgan fingerprint density at radius 1 is 1.86 bits per heavy atom. The minimum atomic E-state index is -0.352. The third-order valence-electron chi connectivity index (χ3n) is 0.500. The number of aliphatic hydroxyl groups is 1. The largest absolute Gasteiger partial charge is 1.00 e. The van der Waals surface area contributed by atoms with Crippen molar-refractivity contribution in [3.8, 4) is 0 Å². The molecule has 0 saturated heterocycles. The maximum absolute atomic E-state index is 8.44. The van der Waals surface area contributed by atoms with Gasteiger partial charge in [-0.3, -0.25) is 5.32 Å². The molecule has 0 rings (SSSR count). The monoisotopic (exact) mass is 113 g/mol. The van der Waals surface area contributed by atoms with Crippen LogP contribution in [-0.2, 0) is 0 Å². The van der Waals surface area contributed by atoms with Crippen molar-refractivity contribution in [3.05, 3.63) is 0 Å². The first-order valence-electron chi connectivity index (χ1n) is 2.18. The van der Waals surface area contributed by atoms with E-state index in [4.69, 9.17) is 5.11 Å². The number of aliphatic hydroxyl groups excluding tert-OH is 1. The third-order valence-corrected chi connectivity index (χ3v) is 0.500. The Morgan fingerprint density at radius 2 is 2.29 bits per heavy atom. The molecule has 3 heteroatoms. The van der Waals surface area contributed by atoms with E-state index in [1.165, 1.54) is 0 Å². The summed E-state index contributed by atoms with van der Waals surface area (Å²) in [6, 6.07) is 0. The van der Waals surface area contributed by atoms with Crippen LogP contribution in [-0.4, -0.2) is 17.9 Å². The van der Waals surface area contributed by atoms with Crippen LogP contribution in [0, 0.1) is 0 Å². The normalized spacial score (nSPS) is 12.4. The van der Waals surface area contributed by atoms with Crippen molar-refractivity contribution in [2.24, 2.45) is 0 Å². The van der Waals surface area contributed by atoms with Gasteiger partial charge in [-0.15, -0.1) is 0 Å². The van der Waals surface area contributed by atoms with Crippen molar-refractivity contribution in [2.75, 3.05) is 6.54 Å². The van der Waals surface area contributed by atoms with Gasteiger partial charge in [0.15, 0.2) is 0 Å². The molecule has 40 valence electrons. The predicted molar refractivity (Wildman–Crippen MR) is 26.5 cm³/mol. The molecule has 0 aliphatic rings. The molecule has 2 nitrogen and oxygen atoms in total. The van der Waals surface area contributed by atoms with E-state index in [2.05, 4.69) is 5.32 Å². The molecule has 1 atom stereocenters. The first-order chi connectivity index (χ1) is 2.77. The Morgan fingerprint density at radius 3 is 2.29 bits per heavy atom. The Bertz CT molecular complexity index is 37.2. The van der Waals surface area contributed by atoms with E-state index in [1.54, 1.807) is 6.92 Å². The zero-order valence-electron chi connectivity index (χ0n) is 6.23.